The molecular formula is C21H20ClN2O4S-. The Labute approximate surface area is 176 Å². The molecule has 0 fully saturated rings. The normalized spacial score (nSPS) is 12.0. The van der Waals surface area contributed by atoms with Gasteiger partial charge >= 0.3 is 0 Å². The molecule has 1 amide bonds. The van der Waals surface area contributed by atoms with Crippen molar-refractivity contribution in [1.82, 2.24) is 4.57 Å². The number of carbonyl (C=O) groups is 1. The molecular weight excluding hydrogens is 412 g/mol. The largest absolute Gasteiger partial charge is 0.772 e. The van der Waals surface area contributed by atoms with Crippen molar-refractivity contribution in [2.24, 2.45) is 0 Å². The Hall–Kier alpha value is -2.45. The molecule has 0 aliphatic carbocycles. The maximum Gasteiger partial charge on any atom is 0.257 e. The standard InChI is InChI=1S/C21H21ClN2O4S/c1-14-18(21(26)23-16-8-6-15(7-9-16)13-29(27)28)12-24(10-11-25)20(14)17-4-2-3-5-19(17)22/h2-9,12,25H,10-11,13H2,1H3,(H,23,26)(H,27,28)/p-1. The average Bonchev–Trinajstić information content (AvgIpc) is 3.00. The van der Waals surface area contributed by atoms with Gasteiger partial charge in [0.05, 0.1) is 17.9 Å². The summed E-state index contributed by atoms with van der Waals surface area (Å²) in [4.78, 5) is 12.9. The number of hydrogen-bond donors (Lipinski definition) is 2. The first-order chi connectivity index (χ1) is 13.9. The Balaban J connectivity index is 1.90. The van der Waals surface area contributed by atoms with Crippen molar-refractivity contribution >= 4 is 34.3 Å². The van der Waals surface area contributed by atoms with Crippen LogP contribution in [0.3, 0.4) is 0 Å². The summed E-state index contributed by atoms with van der Waals surface area (Å²) in [5, 5.41) is 12.8. The van der Waals surface area contributed by atoms with Gasteiger partial charge in [-0.1, -0.05) is 53.0 Å². The maximum atomic E-state index is 12.9. The lowest BCUT2D eigenvalue weighted by atomic mass is 10.1. The van der Waals surface area contributed by atoms with E-state index in [-0.39, 0.29) is 18.3 Å². The van der Waals surface area contributed by atoms with Crippen molar-refractivity contribution in [3.8, 4) is 11.3 Å². The van der Waals surface area contributed by atoms with Crippen molar-refractivity contribution in [3.63, 3.8) is 0 Å². The van der Waals surface area contributed by atoms with E-state index in [2.05, 4.69) is 5.32 Å². The van der Waals surface area contributed by atoms with Crippen LogP contribution in [0.1, 0.15) is 21.5 Å². The summed E-state index contributed by atoms with van der Waals surface area (Å²) in [5.41, 5.74) is 3.99. The minimum Gasteiger partial charge on any atom is -0.772 e. The minimum atomic E-state index is -2.16. The number of hydrogen-bond acceptors (Lipinski definition) is 4. The monoisotopic (exact) mass is 431 g/mol. The van der Waals surface area contributed by atoms with E-state index in [9.17, 15) is 18.7 Å². The number of nitrogens with zero attached hydrogens (tertiary/aromatic N) is 1. The van der Waals surface area contributed by atoms with Crippen LogP contribution in [0.25, 0.3) is 11.3 Å². The highest BCUT2D eigenvalue weighted by Crippen LogP contribution is 2.33. The zero-order chi connectivity index (χ0) is 21.0. The first kappa shape index (κ1) is 21.3. The molecule has 6 nitrogen and oxygen atoms in total. The van der Waals surface area contributed by atoms with Crippen molar-refractivity contribution in [1.29, 1.82) is 0 Å². The molecule has 8 heteroatoms. The second-order valence-corrected chi connectivity index (χ2v) is 7.82. The number of anilines is 1. The molecule has 2 aromatic carbocycles. The molecule has 3 aromatic rings. The third-order valence-electron chi connectivity index (χ3n) is 4.54. The van der Waals surface area contributed by atoms with Gasteiger partial charge in [-0.2, -0.15) is 0 Å². The van der Waals surface area contributed by atoms with Crippen molar-refractivity contribution in [2.45, 2.75) is 19.2 Å². The molecule has 0 bridgehead atoms. The molecule has 152 valence electrons. The predicted octanol–water partition coefficient (Wildman–Crippen LogP) is 3.74. The van der Waals surface area contributed by atoms with Gasteiger partial charge in [-0.3, -0.25) is 9.00 Å². The van der Waals surface area contributed by atoms with E-state index in [1.165, 1.54) is 0 Å². The van der Waals surface area contributed by atoms with E-state index < -0.39 is 11.1 Å². The van der Waals surface area contributed by atoms with E-state index in [1.54, 1.807) is 36.5 Å². The van der Waals surface area contributed by atoms with Crippen molar-refractivity contribution in [3.05, 3.63) is 76.4 Å². The predicted molar refractivity (Wildman–Crippen MR) is 114 cm³/mol. The van der Waals surface area contributed by atoms with Crippen LogP contribution in [0, 0.1) is 6.92 Å². The molecule has 0 aliphatic heterocycles. The number of aliphatic hydroxyl groups excluding tert-OH is 1. The number of benzene rings is 2. The second kappa shape index (κ2) is 9.37. The summed E-state index contributed by atoms with van der Waals surface area (Å²) >= 11 is 4.19. The van der Waals surface area contributed by atoms with Crippen LogP contribution in [-0.4, -0.2) is 30.9 Å². The molecule has 1 aromatic heterocycles. The number of nitrogens with one attached hydrogen (secondary N) is 1. The lowest BCUT2D eigenvalue weighted by Crippen LogP contribution is -2.12. The highest BCUT2D eigenvalue weighted by atomic mass is 35.5. The molecule has 0 aliphatic rings. The van der Waals surface area contributed by atoms with E-state index in [4.69, 9.17) is 11.6 Å². The van der Waals surface area contributed by atoms with Crippen molar-refractivity contribution < 1.29 is 18.7 Å². The molecule has 0 radical (unpaired) electrons. The molecule has 29 heavy (non-hydrogen) atoms. The summed E-state index contributed by atoms with van der Waals surface area (Å²) in [6, 6.07) is 14.0. The summed E-state index contributed by atoms with van der Waals surface area (Å²) in [6.45, 7) is 2.10. The molecule has 1 unspecified atom stereocenters. The number of rotatable bonds is 7. The Morgan fingerprint density at radius 2 is 1.90 bits per heavy atom. The third kappa shape index (κ3) is 4.94. The summed E-state index contributed by atoms with van der Waals surface area (Å²) < 4.78 is 23.4. The van der Waals surface area contributed by atoms with Crippen LogP contribution in [0.2, 0.25) is 5.02 Å². The first-order valence-electron chi connectivity index (χ1n) is 8.92. The Morgan fingerprint density at radius 3 is 2.52 bits per heavy atom. The van der Waals surface area contributed by atoms with E-state index >= 15 is 0 Å². The highest BCUT2D eigenvalue weighted by molar-refractivity contribution is 7.78. The molecule has 2 N–H and O–H groups in total. The SMILES string of the molecule is Cc1c(C(=O)Nc2ccc(CS(=O)[O-])cc2)cn(CCO)c1-c1ccccc1Cl. The van der Waals surface area contributed by atoms with Crippen LogP contribution in [-0.2, 0) is 23.4 Å². The van der Waals surface area contributed by atoms with Crippen molar-refractivity contribution in [2.75, 3.05) is 11.9 Å². The van der Waals surface area contributed by atoms with Gasteiger partial charge < -0.3 is 19.5 Å². The van der Waals surface area contributed by atoms with Gasteiger partial charge in [0, 0.05) is 34.8 Å². The van der Waals surface area contributed by atoms with Crippen LogP contribution < -0.4 is 5.32 Å². The van der Waals surface area contributed by atoms with Gasteiger partial charge in [-0.05, 0) is 36.2 Å². The number of aromatic nitrogens is 1. The van der Waals surface area contributed by atoms with Crippen LogP contribution in [0.4, 0.5) is 5.69 Å². The third-order valence-corrected chi connectivity index (χ3v) is 5.44. The fourth-order valence-electron chi connectivity index (χ4n) is 3.20. The smallest absolute Gasteiger partial charge is 0.257 e. The van der Waals surface area contributed by atoms with E-state index in [0.29, 0.717) is 28.4 Å². The fourth-order valence-corrected chi connectivity index (χ4v) is 3.89. The summed E-state index contributed by atoms with van der Waals surface area (Å²) in [5.74, 6) is -0.369. The highest BCUT2D eigenvalue weighted by Gasteiger charge is 2.20. The molecule has 0 saturated heterocycles. The minimum absolute atomic E-state index is 0.0709. The molecule has 0 spiro atoms. The van der Waals surface area contributed by atoms with Gasteiger partial charge in [0.1, 0.15) is 0 Å². The first-order valence-corrected chi connectivity index (χ1v) is 10.5. The van der Waals surface area contributed by atoms with E-state index in [1.807, 2.05) is 29.7 Å². The number of carbonyl (C=O) groups excluding carboxylic acids is 1. The zero-order valence-electron chi connectivity index (χ0n) is 15.7. The van der Waals surface area contributed by atoms with Crippen LogP contribution >= 0.6 is 11.6 Å². The summed E-state index contributed by atoms with van der Waals surface area (Å²) in [6.07, 6.45) is 1.70. The van der Waals surface area contributed by atoms with E-state index in [0.717, 1.165) is 16.8 Å². The summed E-state index contributed by atoms with van der Waals surface area (Å²) in [7, 11) is 0. The van der Waals surface area contributed by atoms with Gasteiger partial charge in [0.25, 0.3) is 5.91 Å². The topological polar surface area (TPSA) is 94.4 Å². The number of amides is 1. The van der Waals surface area contributed by atoms with Crippen LogP contribution in [0.5, 0.6) is 0 Å². The molecule has 1 heterocycles. The van der Waals surface area contributed by atoms with Gasteiger partial charge in [0.2, 0.25) is 0 Å². The number of halogens is 1. The van der Waals surface area contributed by atoms with Gasteiger partial charge in [-0.15, -0.1) is 0 Å². The maximum absolute atomic E-state index is 12.9. The molecule has 0 saturated carbocycles. The Kier molecular flexibility index (Phi) is 6.87. The second-order valence-electron chi connectivity index (χ2n) is 6.51. The lowest BCUT2D eigenvalue weighted by molar-refractivity contribution is 0.102. The lowest BCUT2D eigenvalue weighted by Gasteiger charge is -2.10. The molecule has 1 atom stereocenters. The zero-order valence-corrected chi connectivity index (χ0v) is 17.3. The van der Waals surface area contributed by atoms with Crippen LogP contribution in [0.15, 0.2) is 54.7 Å². The number of aliphatic hydroxyl groups is 1. The quantitative estimate of drug-likeness (QED) is 0.557. The Morgan fingerprint density at radius 1 is 1.21 bits per heavy atom. The average molecular weight is 432 g/mol. The fraction of sp³-hybridized carbons (Fsp3) is 0.190. The van der Waals surface area contributed by atoms with Gasteiger partial charge in [0.15, 0.2) is 0 Å². The van der Waals surface area contributed by atoms with Gasteiger partial charge in [-0.25, -0.2) is 0 Å². The Bertz CT molecular complexity index is 1050. The molecule has 3 rings (SSSR count).